The van der Waals surface area contributed by atoms with E-state index >= 15 is 0 Å². The van der Waals surface area contributed by atoms with Crippen LogP contribution >= 0.6 is 0 Å². The van der Waals surface area contributed by atoms with Crippen molar-refractivity contribution in [1.82, 2.24) is 4.98 Å². The number of anilines is 1. The molecule has 6 heteroatoms. The van der Waals surface area contributed by atoms with Crippen LogP contribution in [0.1, 0.15) is 24.2 Å². The smallest absolute Gasteiger partial charge is 0.339 e. The zero-order valence-corrected chi connectivity index (χ0v) is 9.64. The lowest BCUT2D eigenvalue weighted by Crippen LogP contribution is -2.22. The molecule has 0 aliphatic heterocycles. The van der Waals surface area contributed by atoms with E-state index < -0.39 is 11.9 Å². The molecule has 92 valence electrons. The Kier molecular flexibility index (Phi) is 4.59. The first-order valence-corrected chi connectivity index (χ1v) is 5.10. The van der Waals surface area contributed by atoms with Gasteiger partial charge in [-0.15, -0.1) is 0 Å². The number of amides is 1. The molecule has 0 spiro atoms. The number of carbonyl (C=O) groups excluding carboxylic acids is 1. The third kappa shape index (κ3) is 4.20. The Labute approximate surface area is 98.6 Å². The van der Waals surface area contributed by atoms with Crippen LogP contribution in [0.5, 0.6) is 0 Å². The minimum atomic E-state index is -1.14. The van der Waals surface area contributed by atoms with Crippen LogP contribution in [-0.2, 0) is 9.53 Å². The lowest BCUT2D eigenvalue weighted by atomic mass is 10.2. The van der Waals surface area contributed by atoms with Gasteiger partial charge in [0.05, 0.1) is 6.10 Å². The molecular weight excluding hydrogens is 224 g/mol. The van der Waals surface area contributed by atoms with Gasteiger partial charge in [-0.2, -0.15) is 0 Å². The van der Waals surface area contributed by atoms with Crippen LogP contribution in [0.2, 0.25) is 0 Å². The second kappa shape index (κ2) is 5.95. The lowest BCUT2D eigenvalue weighted by molar-refractivity contribution is -0.121. The Hall–Kier alpha value is -1.95. The molecule has 17 heavy (non-hydrogen) atoms. The van der Waals surface area contributed by atoms with Gasteiger partial charge in [-0.05, 0) is 26.0 Å². The Morgan fingerprint density at radius 3 is 2.82 bits per heavy atom. The minimum Gasteiger partial charge on any atom is -0.478 e. The largest absolute Gasteiger partial charge is 0.478 e. The Balaban J connectivity index is 2.68. The van der Waals surface area contributed by atoms with Crippen molar-refractivity contribution < 1.29 is 19.4 Å². The summed E-state index contributed by atoms with van der Waals surface area (Å²) in [5, 5.41) is 11.3. The predicted molar refractivity (Wildman–Crippen MR) is 60.9 cm³/mol. The van der Waals surface area contributed by atoms with Crippen LogP contribution < -0.4 is 5.32 Å². The van der Waals surface area contributed by atoms with E-state index in [0.29, 0.717) is 0 Å². The molecule has 0 unspecified atom stereocenters. The second-order valence-corrected chi connectivity index (χ2v) is 3.61. The fraction of sp³-hybridized carbons (Fsp3) is 0.364. The molecule has 0 aromatic carbocycles. The fourth-order valence-corrected chi connectivity index (χ4v) is 1.09. The van der Waals surface area contributed by atoms with E-state index in [2.05, 4.69) is 10.3 Å². The molecule has 1 heterocycles. The van der Waals surface area contributed by atoms with Crippen LogP contribution in [0.3, 0.4) is 0 Å². The monoisotopic (exact) mass is 238 g/mol. The summed E-state index contributed by atoms with van der Waals surface area (Å²) in [4.78, 5) is 26.1. The molecule has 0 aliphatic carbocycles. The topological polar surface area (TPSA) is 88.5 Å². The molecule has 6 nitrogen and oxygen atoms in total. The average molecular weight is 238 g/mol. The lowest BCUT2D eigenvalue weighted by Gasteiger charge is -2.09. The second-order valence-electron chi connectivity index (χ2n) is 3.61. The summed E-state index contributed by atoms with van der Waals surface area (Å²) in [6.07, 6.45) is 1.34. The quantitative estimate of drug-likeness (QED) is 0.803. The number of aromatic carboxylic acids is 1. The number of carboxylic acid groups (broad SMARTS) is 1. The summed E-state index contributed by atoms with van der Waals surface area (Å²) in [5.41, 5.74) is -0.0506. The van der Waals surface area contributed by atoms with Crippen molar-refractivity contribution in [3.63, 3.8) is 0 Å². The molecule has 0 bridgehead atoms. The summed E-state index contributed by atoms with van der Waals surface area (Å²) in [5.74, 6) is -1.55. The van der Waals surface area contributed by atoms with Gasteiger partial charge in [-0.25, -0.2) is 9.78 Å². The van der Waals surface area contributed by atoms with Gasteiger partial charge in [0.25, 0.3) is 5.91 Å². The summed E-state index contributed by atoms with van der Waals surface area (Å²) >= 11 is 0. The van der Waals surface area contributed by atoms with Crippen LogP contribution in [0.4, 0.5) is 5.82 Å². The Morgan fingerprint density at radius 1 is 1.53 bits per heavy atom. The summed E-state index contributed by atoms with van der Waals surface area (Å²) in [6.45, 7) is 3.47. The van der Waals surface area contributed by atoms with Gasteiger partial charge in [0.15, 0.2) is 0 Å². The third-order valence-electron chi connectivity index (χ3n) is 1.84. The summed E-state index contributed by atoms with van der Waals surface area (Å²) in [6, 6.07) is 2.86. The molecule has 1 aromatic rings. The number of aromatic nitrogens is 1. The molecule has 0 atom stereocenters. The highest BCUT2D eigenvalue weighted by molar-refractivity contribution is 5.99. The number of hydrogen-bond donors (Lipinski definition) is 2. The van der Waals surface area contributed by atoms with Crippen molar-refractivity contribution in [1.29, 1.82) is 0 Å². The SMILES string of the molecule is CC(C)OCC(=O)Nc1ncccc1C(=O)O. The van der Waals surface area contributed by atoms with Gasteiger partial charge in [-0.1, -0.05) is 0 Å². The molecule has 0 saturated carbocycles. The zero-order valence-electron chi connectivity index (χ0n) is 9.64. The number of ether oxygens (including phenoxy) is 1. The van der Waals surface area contributed by atoms with Crippen LogP contribution in [0.25, 0.3) is 0 Å². The summed E-state index contributed by atoms with van der Waals surface area (Å²) < 4.78 is 5.09. The zero-order chi connectivity index (χ0) is 12.8. The van der Waals surface area contributed by atoms with Gasteiger partial charge in [0, 0.05) is 6.20 Å². The van der Waals surface area contributed by atoms with E-state index in [4.69, 9.17) is 9.84 Å². The summed E-state index contributed by atoms with van der Waals surface area (Å²) in [7, 11) is 0. The number of carbonyl (C=O) groups is 2. The first-order valence-electron chi connectivity index (χ1n) is 5.10. The molecule has 0 radical (unpaired) electrons. The normalized spacial score (nSPS) is 10.3. The third-order valence-corrected chi connectivity index (χ3v) is 1.84. The maximum Gasteiger partial charge on any atom is 0.339 e. The van der Waals surface area contributed by atoms with Crippen molar-refractivity contribution in [3.05, 3.63) is 23.9 Å². The van der Waals surface area contributed by atoms with E-state index in [-0.39, 0.29) is 24.1 Å². The van der Waals surface area contributed by atoms with E-state index in [9.17, 15) is 9.59 Å². The average Bonchev–Trinajstić information content (AvgIpc) is 2.27. The van der Waals surface area contributed by atoms with Crippen molar-refractivity contribution in [2.24, 2.45) is 0 Å². The van der Waals surface area contributed by atoms with Crippen molar-refractivity contribution in [2.75, 3.05) is 11.9 Å². The van der Waals surface area contributed by atoms with E-state index in [1.165, 1.54) is 18.3 Å². The van der Waals surface area contributed by atoms with Gasteiger partial charge in [0.2, 0.25) is 0 Å². The van der Waals surface area contributed by atoms with Crippen molar-refractivity contribution in [2.45, 2.75) is 20.0 Å². The highest BCUT2D eigenvalue weighted by Crippen LogP contribution is 2.10. The standard InChI is InChI=1S/C11H14N2O4/c1-7(2)17-6-9(14)13-10-8(11(15)16)4-3-5-12-10/h3-5,7H,6H2,1-2H3,(H,15,16)(H,12,13,14). The molecule has 1 rings (SSSR count). The molecule has 0 aliphatic rings. The van der Waals surface area contributed by atoms with Crippen molar-refractivity contribution >= 4 is 17.7 Å². The number of pyridine rings is 1. The Bertz CT molecular complexity index is 418. The molecule has 2 N–H and O–H groups in total. The van der Waals surface area contributed by atoms with Gasteiger partial charge < -0.3 is 15.2 Å². The maximum atomic E-state index is 11.4. The number of nitrogens with one attached hydrogen (secondary N) is 1. The Morgan fingerprint density at radius 2 is 2.24 bits per heavy atom. The molecule has 1 aromatic heterocycles. The molecule has 0 fully saturated rings. The highest BCUT2D eigenvalue weighted by Gasteiger charge is 2.13. The van der Waals surface area contributed by atoms with E-state index in [1.807, 2.05) is 0 Å². The van der Waals surface area contributed by atoms with E-state index in [1.54, 1.807) is 13.8 Å². The van der Waals surface area contributed by atoms with Crippen LogP contribution in [0.15, 0.2) is 18.3 Å². The molecular formula is C11H14N2O4. The maximum absolute atomic E-state index is 11.4. The van der Waals surface area contributed by atoms with E-state index in [0.717, 1.165) is 0 Å². The number of nitrogens with zero attached hydrogens (tertiary/aromatic N) is 1. The first kappa shape index (κ1) is 13.1. The number of hydrogen-bond acceptors (Lipinski definition) is 4. The van der Waals surface area contributed by atoms with Gasteiger partial charge in [-0.3, -0.25) is 4.79 Å². The number of rotatable bonds is 5. The predicted octanol–water partition coefficient (Wildman–Crippen LogP) is 1.14. The first-order chi connectivity index (χ1) is 8.00. The van der Waals surface area contributed by atoms with Crippen molar-refractivity contribution in [3.8, 4) is 0 Å². The van der Waals surface area contributed by atoms with Gasteiger partial charge in [0.1, 0.15) is 18.0 Å². The van der Waals surface area contributed by atoms with Gasteiger partial charge >= 0.3 is 5.97 Å². The fourth-order valence-electron chi connectivity index (χ4n) is 1.09. The minimum absolute atomic E-state index is 0.0253. The van der Waals surface area contributed by atoms with Crippen LogP contribution in [0, 0.1) is 0 Å². The van der Waals surface area contributed by atoms with Crippen LogP contribution in [-0.4, -0.2) is 34.7 Å². The molecule has 0 saturated heterocycles. The highest BCUT2D eigenvalue weighted by atomic mass is 16.5. The molecule has 1 amide bonds. The number of carboxylic acids is 1.